The minimum atomic E-state index is -0.459. The average molecular weight is 226 g/mol. The number of hydrogen-bond donors (Lipinski definition) is 1. The van der Waals surface area contributed by atoms with E-state index in [0.717, 1.165) is 5.56 Å². The van der Waals surface area contributed by atoms with Crippen LogP contribution in [0.5, 0.6) is 0 Å². The number of aromatic nitrogens is 1. The van der Waals surface area contributed by atoms with Gasteiger partial charge in [0.1, 0.15) is 6.04 Å². The van der Waals surface area contributed by atoms with E-state index < -0.39 is 6.04 Å². The van der Waals surface area contributed by atoms with Crippen LogP contribution >= 0.6 is 0 Å². The average Bonchev–Trinajstić information content (AvgIpc) is 2.83. The Morgan fingerprint density at radius 2 is 1.71 bits per heavy atom. The van der Waals surface area contributed by atoms with Gasteiger partial charge in [0, 0.05) is 18.0 Å². The van der Waals surface area contributed by atoms with Gasteiger partial charge in [-0.3, -0.25) is 14.9 Å². The lowest BCUT2D eigenvalue weighted by atomic mass is 9.95. The molecule has 0 saturated heterocycles. The summed E-state index contributed by atoms with van der Waals surface area (Å²) in [6, 6.07) is 10.4. The van der Waals surface area contributed by atoms with E-state index in [1.165, 1.54) is 0 Å². The van der Waals surface area contributed by atoms with Crippen molar-refractivity contribution >= 4 is 11.8 Å². The Balaban J connectivity index is 2.19. The van der Waals surface area contributed by atoms with E-state index in [-0.39, 0.29) is 11.8 Å². The maximum atomic E-state index is 11.9. The molecule has 1 aromatic heterocycles. The molecule has 84 valence electrons. The van der Waals surface area contributed by atoms with Crippen molar-refractivity contribution in [2.24, 2.45) is 0 Å². The van der Waals surface area contributed by atoms with E-state index in [1.54, 1.807) is 16.7 Å². The van der Waals surface area contributed by atoms with E-state index in [9.17, 15) is 9.59 Å². The van der Waals surface area contributed by atoms with Gasteiger partial charge in [0.05, 0.1) is 0 Å². The third-order valence-corrected chi connectivity index (χ3v) is 2.91. The molecule has 0 saturated carbocycles. The normalized spacial score (nSPS) is 18.7. The van der Waals surface area contributed by atoms with E-state index >= 15 is 0 Å². The molecule has 2 heterocycles. The summed E-state index contributed by atoms with van der Waals surface area (Å²) in [6.07, 6.45) is 3.63. The van der Waals surface area contributed by atoms with Crippen molar-refractivity contribution in [3.63, 3.8) is 0 Å². The molecule has 1 aliphatic heterocycles. The molecule has 4 nitrogen and oxygen atoms in total. The van der Waals surface area contributed by atoms with Crippen molar-refractivity contribution < 1.29 is 9.59 Å². The lowest BCUT2D eigenvalue weighted by Gasteiger charge is -2.25. The lowest BCUT2D eigenvalue weighted by molar-refractivity contribution is -0.122. The molecule has 0 bridgehead atoms. The monoisotopic (exact) mass is 226 g/mol. The highest BCUT2D eigenvalue weighted by atomic mass is 16.2. The Bertz CT molecular complexity index is 587. The second-order valence-corrected chi connectivity index (χ2v) is 3.94. The summed E-state index contributed by atoms with van der Waals surface area (Å²) >= 11 is 0. The molecule has 1 N–H and O–H groups in total. The molecule has 1 aliphatic rings. The van der Waals surface area contributed by atoms with Crippen LogP contribution in [0.25, 0.3) is 0 Å². The Labute approximate surface area is 97.9 Å². The molecule has 2 aromatic rings. The van der Waals surface area contributed by atoms with Crippen LogP contribution in [0.4, 0.5) is 0 Å². The molecule has 0 aliphatic carbocycles. The smallest absolute Gasteiger partial charge is 0.258 e. The van der Waals surface area contributed by atoms with Gasteiger partial charge in [-0.1, -0.05) is 18.2 Å². The van der Waals surface area contributed by atoms with Gasteiger partial charge >= 0.3 is 0 Å². The first-order chi connectivity index (χ1) is 8.27. The van der Waals surface area contributed by atoms with Gasteiger partial charge < -0.3 is 4.57 Å². The van der Waals surface area contributed by atoms with Crippen molar-refractivity contribution in [3.8, 4) is 0 Å². The minimum Gasteiger partial charge on any atom is -0.338 e. The van der Waals surface area contributed by atoms with Gasteiger partial charge in [0.2, 0.25) is 0 Å². The number of imide groups is 1. The molecule has 4 heteroatoms. The first-order valence-corrected chi connectivity index (χ1v) is 5.34. The summed E-state index contributed by atoms with van der Waals surface area (Å²) in [4.78, 5) is 23.6. The number of carbonyl (C=O) groups is 2. The molecule has 1 aromatic carbocycles. The number of carbonyl (C=O) groups excluding carboxylic acids is 2. The molecule has 0 fully saturated rings. The summed E-state index contributed by atoms with van der Waals surface area (Å²) in [5.41, 5.74) is 1.31. The lowest BCUT2D eigenvalue weighted by Crippen LogP contribution is -2.42. The molecule has 1 unspecified atom stereocenters. The van der Waals surface area contributed by atoms with Gasteiger partial charge in [0.25, 0.3) is 11.8 Å². The third-order valence-electron chi connectivity index (χ3n) is 2.91. The molecule has 0 radical (unpaired) electrons. The van der Waals surface area contributed by atoms with Crippen molar-refractivity contribution in [2.75, 3.05) is 0 Å². The van der Waals surface area contributed by atoms with Crippen LogP contribution in [0.3, 0.4) is 0 Å². The minimum absolute atomic E-state index is 0.287. The van der Waals surface area contributed by atoms with Crippen LogP contribution in [-0.4, -0.2) is 16.4 Å². The molecule has 0 spiro atoms. The Morgan fingerprint density at radius 1 is 1.00 bits per heavy atom. The predicted molar refractivity (Wildman–Crippen MR) is 61.5 cm³/mol. The Morgan fingerprint density at radius 3 is 2.47 bits per heavy atom. The number of fused-ring (bicyclic) bond motifs is 1. The quantitative estimate of drug-likeness (QED) is 0.746. The maximum Gasteiger partial charge on any atom is 0.258 e. The van der Waals surface area contributed by atoms with E-state index in [0.29, 0.717) is 5.56 Å². The molecule has 3 rings (SSSR count). The second kappa shape index (κ2) is 3.59. The van der Waals surface area contributed by atoms with Gasteiger partial charge in [0.15, 0.2) is 0 Å². The van der Waals surface area contributed by atoms with Gasteiger partial charge in [-0.15, -0.1) is 0 Å². The highest BCUT2D eigenvalue weighted by molar-refractivity contribution is 6.11. The number of nitrogens with one attached hydrogen (secondary N) is 1. The molecule has 2 amide bonds. The van der Waals surface area contributed by atoms with Crippen LogP contribution in [0.2, 0.25) is 0 Å². The Kier molecular flexibility index (Phi) is 2.08. The fourth-order valence-electron chi connectivity index (χ4n) is 2.15. The second-order valence-electron chi connectivity index (χ2n) is 3.94. The summed E-state index contributed by atoms with van der Waals surface area (Å²) < 4.78 is 1.79. The first-order valence-electron chi connectivity index (χ1n) is 5.34. The van der Waals surface area contributed by atoms with Gasteiger partial charge in [-0.25, -0.2) is 0 Å². The zero-order valence-electron chi connectivity index (χ0n) is 8.96. The summed E-state index contributed by atoms with van der Waals surface area (Å²) in [5, 5.41) is 2.38. The summed E-state index contributed by atoms with van der Waals surface area (Å²) in [6.45, 7) is 0. The summed E-state index contributed by atoms with van der Waals surface area (Å²) in [7, 11) is 0. The van der Waals surface area contributed by atoms with Crippen LogP contribution in [0.15, 0.2) is 48.8 Å². The highest BCUT2D eigenvalue weighted by Crippen LogP contribution is 2.26. The van der Waals surface area contributed by atoms with E-state index in [2.05, 4.69) is 5.32 Å². The van der Waals surface area contributed by atoms with Crippen molar-refractivity contribution in [2.45, 2.75) is 6.04 Å². The number of rotatable bonds is 1. The zero-order chi connectivity index (χ0) is 11.8. The van der Waals surface area contributed by atoms with Crippen molar-refractivity contribution in [1.29, 1.82) is 0 Å². The van der Waals surface area contributed by atoms with Crippen molar-refractivity contribution in [3.05, 3.63) is 59.9 Å². The van der Waals surface area contributed by atoms with Gasteiger partial charge in [-0.2, -0.15) is 0 Å². The topological polar surface area (TPSA) is 51.1 Å². The Hall–Kier alpha value is -2.36. The standard InChI is InChI=1S/C13H10N2O2/c16-12-10-6-2-1-5-9(10)11(13(17)14-12)15-7-3-4-8-15/h1-8,11H,(H,14,16,17). The van der Waals surface area contributed by atoms with Crippen LogP contribution in [0, 0.1) is 0 Å². The van der Waals surface area contributed by atoms with E-state index in [4.69, 9.17) is 0 Å². The number of benzene rings is 1. The van der Waals surface area contributed by atoms with Crippen LogP contribution in [-0.2, 0) is 4.79 Å². The SMILES string of the molecule is O=C1NC(=O)C(n2cccc2)c2ccccc21. The van der Waals surface area contributed by atoms with Crippen molar-refractivity contribution in [1.82, 2.24) is 9.88 Å². The van der Waals surface area contributed by atoms with Crippen LogP contribution < -0.4 is 5.32 Å². The fraction of sp³-hybridized carbons (Fsp3) is 0.0769. The molecule has 1 atom stereocenters. The molecular weight excluding hydrogens is 216 g/mol. The van der Waals surface area contributed by atoms with Crippen LogP contribution in [0.1, 0.15) is 22.0 Å². The largest absolute Gasteiger partial charge is 0.338 e. The van der Waals surface area contributed by atoms with Gasteiger partial charge in [-0.05, 0) is 23.8 Å². The number of amides is 2. The number of hydrogen-bond acceptors (Lipinski definition) is 2. The number of nitrogens with zero attached hydrogens (tertiary/aromatic N) is 1. The first kappa shape index (κ1) is 9.84. The zero-order valence-corrected chi connectivity index (χ0v) is 8.96. The third kappa shape index (κ3) is 1.45. The molecule has 17 heavy (non-hydrogen) atoms. The fourth-order valence-corrected chi connectivity index (χ4v) is 2.15. The van der Waals surface area contributed by atoms with E-state index in [1.807, 2.05) is 36.7 Å². The summed E-state index contributed by atoms with van der Waals surface area (Å²) in [5.74, 6) is -0.612. The predicted octanol–water partition coefficient (Wildman–Crippen LogP) is 1.35. The maximum absolute atomic E-state index is 11.9. The molecular formula is C13H10N2O2. The highest BCUT2D eigenvalue weighted by Gasteiger charge is 2.32.